The van der Waals surface area contributed by atoms with Crippen molar-refractivity contribution < 1.29 is 85.6 Å². The van der Waals surface area contributed by atoms with Crippen LogP contribution in [0.3, 0.4) is 0 Å². The van der Waals surface area contributed by atoms with E-state index in [1.54, 1.807) is 75.7 Å². The number of hydrogen-bond acceptors (Lipinski definition) is 16. The number of nitrogens with one attached hydrogen (secondary N) is 4. The van der Waals surface area contributed by atoms with Crippen LogP contribution < -0.4 is 27.0 Å². The van der Waals surface area contributed by atoms with Gasteiger partial charge < -0.3 is 61.0 Å². The van der Waals surface area contributed by atoms with Gasteiger partial charge in [-0.3, -0.25) is 52.8 Å². The number of ketones is 2. The number of Topliss-reactive ketones (excluding diaryl/α,β-unsaturated/α-hetero) is 2. The number of urea groups is 1. The summed E-state index contributed by atoms with van der Waals surface area (Å²) in [6, 6.07) is 6.28. The van der Waals surface area contributed by atoms with Gasteiger partial charge in [-0.1, -0.05) is 93.4 Å². The summed E-state index contributed by atoms with van der Waals surface area (Å²) >= 11 is 1.35. The van der Waals surface area contributed by atoms with Crippen LogP contribution in [0.5, 0.6) is 0 Å². The molecule has 2 aromatic carbocycles. The molecule has 3 aliphatic rings. The maximum Gasteiger partial charge on any atom is 0.410 e. The van der Waals surface area contributed by atoms with Gasteiger partial charge in [0.1, 0.15) is 18.2 Å². The number of carboxylic acid groups (broad SMARTS) is 1. The Hall–Kier alpha value is -7.59. The van der Waals surface area contributed by atoms with Crippen molar-refractivity contribution in [3.63, 3.8) is 0 Å². The summed E-state index contributed by atoms with van der Waals surface area (Å²) in [6.45, 7) is 17.0. The fourth-order valence-electron chi connectivity index (χ4n) is 14.1. The minimum Gasteiger partial charge on any atom is -0.481 e. The number of nitrogens with zero attached hydrogens (tertiary/aromatic N) is 4. The second-order valence-electron chi connectivity index (χ2n) is 29.3. The molecule has 0 radical (unpaired) electrons. The van der Waals surface area contributed by atoms with E-state index in [1.807, 2.05) is 27.7 Å². The van der Waals surface area contributed by atoms with Crippen molar-refractivity contribution in [2.45, 2.75) is 220 Å². The number of primary amides is 1. The van der Waals surface area contributed by atoms with Gasteiger partial charge in [0, 0.05) is 109 Å². The van der Waals surface area contributed by atoms with Crippen LogP contribution in [0.4, 0.5) is 24.1 Å². The number of carboxylic acids is 1. The second kappa shape index (κ2) is 41.2. The quantitative estimate of drug-likeness (QED) is 0.0266. The Kier molecular flexibility index (Phi) is 34.4. The number of aliphatic carboxylic acids is 1. The van der Waals surface area contributed by atoms with Crippen LogP contribution in [0.25, 0.3) is 0 Å². The van der Waals surface area contributed by atoms with Crippen molar-refractivity contribution in [1.29, 1.82) is 0 Å². The van der Waals surface area contributed by atoms with Crippen LogP contribution in [0.2, 0.25) is 0 Å². The molecule has 2 heterocycles. The first-order chi connectivity index (χ1) is 48.7. The maximum absolute atomic E-state index is 14.9. The van der Waals surface area contributed by atoms with E-state index in [-0.39, 0.29) is 147 Å². The van der Waals surface area contributed by atoms with E-state index in [0.717, 1.165) is 25.0 Å². The molecular formula is C75H113F2N9O16S. The Balaban J connectivity index is 1.14. The first-order valence-corrected chi connectivity index (χ1v) is 37.4. The van der Waals surface area contributed by atoms with Gasteiger partial charge in [0.25, 0.3) is 0 Å². The number of likely N-dealkylation sites (tertiary alicyclic amines) is 2. The molecule has 2 saturated heterocycles. The number of methoxy groups -OCH3 is 2. The van der Waals surface area contributed by atoms with Crippen LogP contribution in [0.1, 0.15) is 176 Å². The number of likely N-dealkylation sites (N-methyl/N-ethyl adjacent to an activating group) is 2. The number of carbonyl (C=O) groups is 12. The standard InChI is InChI=1S/C75H113F2N9O16S/c1-14-47(8)67(59(100-12)39-62(90)85-36-20-24-56(85)68(101-13)48(9)69(94)79-34-30-52-54(76)22-18-23-55(52)77)83(10)71(96)53(44(2)3)38-58(88)66(46(6)7)84(11)74(99)102-42-49-26-28-51(29-27-49)81-70(95)50(21-19-33-80-73(78)98)37-57(87)65(45(4)5)82-61(89)25-16-15-17-35-86-63(91)40-60(72(86)97)103-43-75(31-32-75)41-64(92)93/h18,22-23,26-29,44-48,50,53,56,59-60,65-68H,14-17,19-21,24-25,30-43H2,1-13H3,(H,79,94)(H,81,95)(H,82,89)(H,92,93)(H3,78,80,98)/t47-,48+,50+,53-,56-,59+,60?,65-,66-,67-,68+/m0/s1. The van der Waals surface area contributed by atoms with Gasteiger partial charge in [0.05, 0.1) is 60.4 Å². The number of hydrogen-bond donors (Lipinski definition) is 6. The van der Waals surface area contributed by atoms with E-state index in [0.29, 0.717) is 68.5 Å². The SMILES string of the molecule is CC[C@H](C)[C@@H]([C@@H](CC(=O)N1CCC[C@H]1[C@H](OC)[C@@H](C)C(=O)NCCc1c(F)cccc1F)OC)N(C)C(=O)[C@@H](CC(=O)[C@H](C(C)C)N(C)C(=O)OCc1ccc(NC(=O)[C@H](CCCNC(N)=O)CC(=O)[C@@H](NC(=O)CCCCCN2C(=O)CC(SCC3(CC(=O)O)CC3)C2=O)C(C)C)cc1)C(C)C. The zero-order chi connectivity index (χ0) is 76.6. The summed E-state index contributed by atoms with van der Waals surface area (Å²) in [5.74, 6) is -8.65. The molecule has 2 aromatic rings. The lowest BCUT2D eigenvalue weighted by molar-refractivity contribution is -0.149. The molecule has 3 fully saturated rings. The molecule has 28 heteroatoms. The lowest BCUT2D eigenvalue weighted by Crippen LogP contribution is -2.54. The number of anilines is 1. The Bertz CT molecular complexity index is 3230. The van der Waals surface area contributed by atoms with Crippen LogP contribution in [-0.4, -0.2) is 198 Å². The molecule has 1 aliphatic carbocycles. The van der Waals surface area contributed by atoms with Crippen molar-refractivity contribution in [3.8, 4) is 0 Å². The Labute approximate surface area is 610 Å². The molecule has 1 unspecified atom stereocenters. The summed E-state index contributed by atoms with van der Waals surface area (Å²) in [4.78, 5) is 167. The summed E-state index contributed by atoms with van der Waals surface area (Å²) in [5, 5.41) is 19.7. The number of unbranched alkanes of at least 4 members (excludes halogenated alkanes) is 2. The summed E-state index contributed by atoms with van der Waals surface area (Å²) in [6.07, 6.45) is 2.55. The molecule has 1 saturated carbocycles. The first kappa shape index (κ1) is 86.1. The van der Waals surface area contributed by atoms with Crippen LogP contribution >= 0.6 is 11.8 Å². The van der Waals surface area contributed by atoms with Crippen LogP contribution in [0.15, 0.2) is 42.5 Å². The third-order valence-electron chi connectivity index (χ3n) is 20.5. The molecule has 10 amide bonds. The second-order valence-corrected chi connectivity index (χ2v) is 30.4. The van der Waals surface area contributed by atoms with E-state index in [2.05, 4.69) is 21.3 Å². The fraction of sp³-hybridized carbons (Fsp3) is 0.680. The van der Waals surface area contributed by atoms with E-state index in [4.69, 9.17) is 19.9 Å². The highest BCUT2D eigenvalue weighted by molar-refractivity contribution is 8.00. The maximum atomic E-state index is 14.9. The van der Waals surface area contributed by atoms with E-state index in [1.165, 1.54) is 48.9 Å². The van der Waals surface area contributed by atoms with Crippen molar-refractivity contribution in [1.82, 2.24) is 35.6 Å². The predicted octanol–water partition coefficient (Wildman–Crippen LogP) is 8.85. The number of thioether (sulfide) groups is 1. The topological polar surface area (TPSA) is 340 Å². The third-order valence-corrected chi connectivity index (χ3v) is 22.1. The van der Waals surface area contributed by atoms with Crippen molar-refractivity contribution in [2.75, 3.05) is 65.6 Å². The van der Waals surface area contributed by atoms with E-state index < -0.39 is 107 Å². The lowest BCUT2D eigenvalue weighted by Gasteiger charge is -2.41. The molecule has 0 spiro atoms. The molecule has 7 N–H and O–H groups in total. The highest BCUT2D eigenvalue weighted by atomic mass is 32.2. The Morgan fingerprint density at radius 2 is 1.46 bits per heavy atom. The lowest BCUT2D eigenvalue weighted by atomic mass is 9.83. The zero-order valence-electron chi connectivity index (χ0n) is 62.5. The smallest absolute Gasteiger partial charge is 0.410 e. The number of ether oxygens (including phenoxy) is 3. The average Bonchev–Trinajstić information content (AvgIpc) is 1.67. The minimum atomic E-state index is -0.995. The highest BCUT2D eigenvalue weighted by Gasteiger charge is 2.48. The number of rotatable bonds is 45. The molecule has 103 heavy (non-hydrogen) atoms. The van der Waals surface area contributed by atoms with Gasteiger partial charge in [0.15, 0.2) is 11.6 Å². The van der Waals surface area contributed by atoms with E-state index >= 15 is 0 Å². The molecule has 2 aliphatic heterocycles. The Morgan fingerprint density at radius 3 is 2.04 bits per heavy atom. The third kappa shape index (κ3) is 25.3. The molecule has 5 rings (SSSR count). The van der Waals surface area contributed by atoms with Crippen molar-refractivity contribution in [2.24, 2.45) is 52.6 Å². The monoisotopic (exact) mass is 1470 g/mol. The minimum absolute atomic E-state index is 0.0177. The number of carbonyl (C=O) groups excluding carboxylic acids is 11. The van der Waals surface area contributed by atoms with Gasteiger partial charge in [-0.2, -0.15) is 0 Å². The first-order valence-electron chi connectivity index (χ1n) is 36.4. The molecule has 11 atom stereocenters. The van der Waals surface area contributed by atoms with Gasteiger partial charge in [-0.15, -0.1) is 11.8 Å². The summed E-state index contributed by atoms with van der Waals surface area (Å²) in [7, 11) is 6.07. The normalized spacial score (nSPS) is 18.3. The van der Waals surface area contributed by atoms with Crippen molar-refractivity contribution >= 4 is 88.5 Å². The van der Waals surface area contributed by atoms with Gasteiger partial charge in [-0.25, -0.2) is 18.4 Å². The Morgan fingerprint density at radius 1 is 0.786 bits per heavy atom. The van der Waals surface area contributed by atoms with Gasteiger partial charge in [-0.05, 0) is 117 Å². The van der Waals surface area contributed by atoms with Gasteiger partial charge in [0.2, 0.25) is 41.4 Å². The molecule has 0 aromatic heterocycles. The average molecular weight is 1470 g/mol. The highest BCUT2D eigenvalue weighted by Crippen LogP contribution is 2.52. The van der Waals surface area contributed by atoms with Gasteiger partial charge >= 0.3 is 18.1 Å². The molecular weight excluding hydrogens is 1350 g/mol. The fourth-order valence-corrected chi connectivity index (χ4v) is 15.6. The summed E-state index contributed by atoms with van der Waals surface area (Å²) < 4.78 is 46.3. The number of halogens is 2. The number of benzene rings is 2. The zero-order valence-corrected chi connectivity index (χ0v) is 63.3. The predicted molar refractivity (Wildman–Crippen MR) is 385 cm³/mol. The number of amides is 10. The van der Waals surface area contributed by atoms with Crippen LogP contribution in [0, 0.1) is 58.5 Å². The largest absolute Gasteiger partial charge is 0.481 e. The molecule has 574 valence electrons. The van der Waals surface area contributed by atoms with Crippen molar-refractivity contribution in [3.05, 3.63) is 65.2 Å². The van der Waals surface area contributed by atoms with Crippen LogP contribution in [-0.2, 0) is 75.2 Å². The molecule has 0 bridgehead atoms. The van der Waals surface area contributed by atoms with E-state index in [9.17, 15) is 71.4 Å². The summed E-state index contributed by atoms with van der Waals surface area (Å²) in [5.41, 5.74) is 5.74. The molecule has 25 nitrogen and oxygen atoms in total. The number of imide groups is 1. The number of nitrogens with two attached hydrogens (primary N) is 1.